The predicted molar refractivity (Wildman–Crippen MR) is 144 cm³/mol. The second-order valence-electron chi connectivity index (χ2n) is 9.22. The van der Waals surface area contributed by atoms with Crippen molar-refractivity contribution in [3.05, 3.63) is 0 Å². The second-order valence-corrected chi connectivity index (χ2v) is 9.22. The fraction of sp³-hybridized carbons (Fsp3) is 0.964. The van der Waals surface area contributed by atoms with Gasteiger partial charge in [-0.3, -0.25) is 4.79 Å². The van der Waals surface area contributed by atoms with Crippen molar-refractivity contribution in [2.75, 3.05) is 79.3 Å². The monoisotopic (exact) mass is 536 g/mol. The number of rotatable bonds is 31. The van der Waals surface area contributed by atoms with Crippen molar-refractivity contribution in [3.63, 3.8) is 0 Å². The van der Waals surface area contributed by atoms with E-state index in [0.717, 1.165) is 13.0 Å². The van der Waals surface area contributed by atoms with Gasteiger partial charge >= 0.3 is 5.97 Å². The first kappa shape index (κ1) is 36.2. The molecule has 9 heteroatoms. The zero-order chi connectivity index (χ0) is 27.1. The Labute approximate surface area is 225 Å². The molecule has 0 heterocycles. The number of esters is 1. The van der Waals surface area contributed by atoms with Crippen molar-refractivity contribution in [3.8, 4) is 0 Å². The molecule has 0 aromatic rings. The van der Waals surface area contributed by atoms with Crippen LogP contribution in [-0.4, -0.2) is 102 Å². The van der Waals surface area contributed by atoms with E-state index in [1.807, 2.05) is 0 Å². The number of aliphatic hydroxyl groups excluding tert-OH is 2. The second kappa shape index (κ2) is 31.4. The van der Waals surface area contributed by atoms with Gasteiger partial charge in [0.25, 0.3) is 0 Å². The maximum atomic E-state index is 11.3. The smallest absolute Gasteiger partial charge is 0.308 e. The Morgan fingerprint density at radius 2 is 0.946 bits per heavy atom. The number of unbranched alkanes of at least 4 members (excludes halogenated alkanes) is 11. The highest BCUT2D eigenvalue weighted by Gasteiger charge is 2.07. The first-order chi connectivity index (χ1) is 18.2. The van der Waals surface area contributed by atoms with E-state index in [9.17, 15) is 4.79 Å². The van der Waals surface area contributed by atoms with Gasteiger partial charge in [0.05, 0.1) is 72.5 Å². The van der Waals surface area contributed by atoms with Crippen LogP contribution in [0, 0.1) is 0 Å². The Morgan fingerprint density at radius 1 is 0.568 bits per heavy atom. The summed E-state index contributed by atoms with van der Waals surface area (Å²) in [5.41, 5.74) is 0. The van der Waals surface area contributed by atoms with Gasteiger partial charge in [-0.2, -0.15) is 0 Å². The Kier molecular flexibility index (Phi) is 30.7. The van der Waals surface area contributed by atoms with Gasteiger partial charge in [-0.25, -0.2) is 0 Å². The third-order valence-corrected chi connectivity index (χ3v) is 5.73. The Balaban J connectivity index is 3.09. The third kappa shape index (κ3) is 31.3. The molecular formula is C28H56O9. The molecule has 0 spiro atoms. The summed E-state index contributed by atoms with van der Waals surface area (Å²) >= 11 is 0. The number of ether oxygens (including phenoxy) is 6. The summed E-state index contributed by atoms with van der Waals surface area (Å²) in [7, 11) is 0. The lowest BCUT2D eigenvalue weighted by atomic mass is 10.1. The lowest BCUT2D eigenvalue weighted by Gasteiger charge is -2.09. The van der Waals surface area contributed by atoms with Gasteiger partial charge in [0.15, 0.2) is 0 Å². The van der Waals surface area contributed by atoms with Crippen LogP contribution >= 0.6 is 0 Å². The fourth-order valence-electron chi connectivity index (χ4n) is 3.50. The van der Waals surface area contributed by atoms with E-state index in [-0.39, 0.29) is 19.6 Å². The average Bonchev–Trinajstić information content (AvgIpc) is 2.91. The molecule has 1 atom stereocenters. The lowest BCUT2D eigenvalue weighted by Crippen LogP contribution is -2.22. The zero-order valence-corrected chi connectivity index (χ0v) is 23.5. The number of aliphatic hydroxyl groups is 2. The molecule has 0 rings (SSSR count). The Bertz CT molecular complexity index is 451. The molecule has 222 valence electrons. The molecule has 37 heavy (non-hydrogen) atoms. The van der Waals surface area contributed by atoms with Crippen molar-refractivity contribution < 1.29 is 43.4 Å². The summed E-state index contributed by atoms with van der Waals surface area (Å²) in [4.78, 5) is 11.3. The lowest BCUT2D eigenvalue weighted by molar-refractivity contribution is -0.148. The van der Waals surface area contributed by atoms with Gasteiger partial charge in [0.1, 0.15) is 12.7 Å². The van der Waals surface area contributed by atoms with Gasteiger partial charge in [-0.05, 0) is 6.42 Å². The van der Waals surface area contributed by atoms with E-state index in [2.05, 4.69) is 6.92 Å². The van der Waals surface area contributed by atoms with E-state index in [1.54, 1.807) is 0 Å². The van der Waals surface area contributed by atoms with Crippen molar-refractivity contribution >= 4 is 5.97 Å². The summed E-state index contributed by atoms with van der Waals surface area (Å²) in [5.74, 6) is -0.477. The summed E-state index contributed by atoms with van der Waals surface area (Å²) in [6, 6.07) is 0. The standard InChI is InChI=1S/C28H56O9/c1-2-3-4-5-6-7-8-9-10-11-12-13-15-32-17-19-34-21-23-36-24-22-35-20-18-33-16-14-28(31)37-26-27(30)25-29/h27,29-30H,2-26H2,1H3. The predicted octanol–water partition coefficient (Wildman–Crippen LogP) is 4.06. The fourth-order valence-corrected chi connectivity index (χ4v) is 3.50. The van der Waals surface area contributed by atoms with Crippen LogP contribution in [0.3, 0.4) is 0 Å². The average molecular weight is 537 g/mol. The minimum atomic E-state index is -1.04. The molecule has 1 unspecified atom stereocenters. The van der Waals surface area contributed by atoms with E-state index in [0.29, 0.717) is 52.9 Å². The number of carbonyl (C=O) groups is 1. The molecular weight excluding hydrogens is 480 g/mol. The van der Waals surface area contributed by atoms with Crippen LogP contribution in [0.25, 0.3) is 0 Å². The highest BCUT2D eigenvalue weighted by atomic mass is 16.6. The van der Waals surface area contributed by atoms with Crippen molar-refractivity contribution in [2.45, 2.75) is 96.5 Å². The molecule has 0 aliphatic rings. The van der Waals surface area contributed by atoms with Crippen LogP contribution < -0.4 is 0 Å². The van der Waals surface area contributed by atoms with E-state index in [1.165, 1.54) is 70.6 Å². The van der Waals surface area contributed by atoms with Crippen LogP contribution in [0.5, 0.6) is 0 Å². The van der Waals surface area contributed by atoms with E-state index >= 15 is 0 Å². The molecule has 9 nitrogen and oxygen atoms in total. The number of hydrogen-bond acceptors (Lipinski definition) is 9. The van der Waals surface area contributed by atoms with Crippen LogP contribution in [-0.2, 0) is 33.2 Å². The molecule has 0 aromatic heterocycles. The van der Waals surface area contributed by atoms with Gasteiger partial charge in [-0.1, -0.05) is 77.6 Å². The first-order valence-corrected chi connectivity index (χ1v) is 14.5. The molecule has 0 amide bonds. The third-order valence-electron chi connectivity index (χ3n) is 5.73. The van der Waals surface area contributed by atoms with Gasteiger partial charge < -0.3 is 38.6 Å². The van der Waals surface area contributed by atoms with Crippen LogP contribution in [0.4, 0.5) is 0 Å². The topological polar surface area (TPSA) is 113 Å². The van der Waals surface area contributed by atoms with Crippen molar-refractivity contribution in [1.82, 2.24) is 0 Å². The maximum absolute atomic E-state index is 11.3. The zero-order valence-electron chi connectivity index (χ0n) is 23.5. The van der Waals surface area contributed by atoms with E-state index < -0.39 is 18.7 Å². The molecule has 0 radical (unpaired) electrons. The quantitative estimate of drug-likeness (QED) is 0.100. The number of carbonyl (C=O) groups excluding carboxylic acids is 1. The molecule has 0 fully saturated rings. The van der Waals surface area contributed by atoms with E-state index in [4.69, 9.17) is 38.6 Å². The van der Waals surface area contributed by atoms with Crippen LogP contribution in [0.2, 0.25) is 0 Å². The molecule has 0 saturated carbocycles. The first-order valence-electron chi connectivity index (χ1n) is 14.5. The number of hydrogen-bond donors (Lipinski definition) is 2. The summed E-state index contributed by atoms with van der Waals surface area (Å²) in [6.07, 6.45) is 15.3. The summed E-state index contributed by atoms with van der Waals surface area (Å²) in [5, 5.41) is 17.7. The van der Waals surface area contributed by atoms with Crippen molar-refractivity contribution in [1.29, 1.82) is 0 Å². The Hall–Kier alpha value is -0.810. The highest BCUT2D eigenvalue weighted by Crippen LogP contribution is 2.11. The maximum Gasteiger partial charge on any atom is 0.308 e. The molecule has 0 aromatic carbocycles. The summed E-state index contributed by atoms with van der Waals surface area (Å²) < 4.78 is 32.0. The van der Waals surface area contributed by atoms with Crippen LogP contribution in [0.15, 0.2) is 0 Å². The molecule has 2 N–H and O–H groups in total. The Morgan fingerprint density at radius 3 is 1.38 bits per heavy atom. The van der Waals surface area contributed by atoms with Gasteiger partial charge in [0.2, 0.25) is 0 Å². The SMILES string of the molecule is CCCCCCCCCCCCCCOCCOCCOCCOCCOCCC(=O)OCC(O)CO. The normalized spacial score (nSPS) is 12.2. The summed E-state index contributed by atoms with van der Waals surface area (Å²) in [6.45, 7) is 6.66. The molecule has 0 bridgehead atoms. The minimum Gasteiger partial charge on any atom is -0.463 e. The van der Waals surface area contributed by atoms with Crippen molar-refractivity contribution in [2.24, 2.45) is 0 Å². The van der Waals surface area contributed by atoms with Gasteiger partial charge in [-0.15, -0.1) is 0 Å². The minimum absolute atomic E-state index is 0.0890. The molecule has 0 aliphatic carbocycles. The van der Waals surface area contributed by atoms with Gasteiger partial charge in [0, 0.05) is 6.61 Å². The van der Waals surface area contributed by atoms with Crippen LogP contribution in [0.1, 0.15) is 90.4 Å². The molecule has 0 aliphatic heterocycles. The largest absolute Gasteiger partial charge is 0.463 e. The molecule has 0 saturated heterocycles. The highest BCUT2D eigenvalue weighted by molar-refractivity contribution is 5.69.